The number of ether oxygens (including phenoxy) is 1. The molecule has 1 atom stereocenters. The number of para-hydroxylation sites is 1. The Morgan fingerprint density at radius 3 is 2.82 bits per heavy atom. The fraction of sp³-hybridized carbons (Fsp3) is 0.235. The van der Waals surface area contributed by atoms with Gasteiger partial charge in [-0.25, -0.2) is 4.98 Å². The molecule has 3 aromatic rings. The average Bonchev–Trinajstić information content (AvgIpc) is 2.95. The van der Waals surface area contributed by atoms with Crippen molar-refractivity contribution >= 4 is 37.5 Å². The van der Waals surface area contributed by atoms with Crippen LogP contribution < -0.4 is 10.1 Å². The number of halogens is 1. The van der Waals surface area contributed by atoms with Gasteiger partial charge in [0.25, 0.3) is 0 Å². The van der Waals surface area contributed by atoms with Crippen LogP contribution in [-0.4, -0.2) is 12.1 Å². The Labute approximate surface area is 142 Å². The van der Waals surface area contributed by atoms with E-state index in [1.54, 1.807) is 18.4 Å². The van der Waals surface area contributed by atoms with E-state index >= 15 is 0 Å². The summed E-state index contributed by atoms with van der Waals surface area (Å²) in [7, 11) is 1.68. The van der Waals surface area contributed by atoms with Crippen LogP contribution in [0.25, 0.3) is 10.2 Å². The zero-order valence-electron chi connectivity index (χ0n) is 12.5. The summed E-state index contributed by atoms with van der Waals surface area (Å²) in [6.45, 7) is 3.10. The number of methoxy groups -OCH3 is 1. The van der Waals surface area contributed by atoms with Gasteiger partial charge in [0.1, 0.15) is 23.3 Å². The van der Waals surface area contributed by atoms with Gasteiger partial charge < -0.3 is 10.1 Å². The minimum atomic E-state index is 0.370. The first-order chi connectivity index (χ1) is 10.7. The van der Waals surface area contributed by atoms with E-state index in [9.17, 15) is 0 Å². The van der Waals surface area contributed by atoms with Gasteiger partial charge >= 0.3 is 0 Å². The van der Waals surface area contributed by atoms with E-state index in [2.05, 4.69) is 63.5 Å². The van der Waals surface area contributed by atoms with Gasteiger partial charge in [0, 0.05) is 5.56 Å². The molecule has 1 aromatic heterocycles. The summed E-state index contributed by atoms with van der Waals surface area (Å²) in [5.74, 6) is 0.863. The maximum absolute atomic E-state index is 5.28. The molecule has 0 bridgehead atoms. The molecule has 3 rings (SSSR count). The topological polar surface area (TPSA) is 38.7 Å². The Balaban J connectivity index is 1.69. The lowest BCUT2D eigenvalue weighted by molar-refractivity contribution is -0.707. The number of nitrogens with two attached hydrogens (primary N) is 1. The van der Waals surface area contributed by atoms with Crippen molar-refractivity contribution in [1.29, 1.82) is 0 Å². The quantitative estimate of drug-likeness (QED) is 0.732. The highest BCUT2D eigenvalue weighted by atomic mass is 79.9. The predicted octanol–water partition coefficient (Wildman–Crippen LogP) is 3.89. The van der Waals surface area contributed by atoms with Crippen molar-refractivity contribution in [1.82, 2.24) is 4.98 Å². The van der Waals surface area contributed by atoms with Crippen molar-refractivity contribution in [3.63, 3.8) is 0 Å². The monoisotopic (exact) mass is 377 g/mol. The molecule has 5 heteroatoms. The molecule has 0 amide bonds. The second kappa shape index (κ2) is 6.77. The SMILES string of the molecule is COc1ccc([C@@H](C)[NH2+]Cc2nc3ccccc3s2)cc1Br. The average molecular weight is 378 g/mol. The van der Waals surface area contributed by atoms with E-state index in [4.69, 9.17) is 4.74 Å². The predicted molar refractivity (Wildman–Crippen MR) is 94.4 cm³/mol. The van der Waals surface area contributed by atoms with Crippen LogP contribution in [0, 0.1) is 0 Å². The first kappa shape index (κ1) is 15.5. The lowest BCUT2D eigenvalue weighted by Crippen LogP contribution is -2.83. The van der Waals surface area contributed by atoms with E-state index in [1.165, 1.54) is 15.3 Å². The van der Waals surface area contributed by atoms with Crippen LogP contribution in [0.2, 0.25) is 0 Å². The molecule has 114 valence electrons. The van der Waals surface area contributed by atoms with Crippen molar-refractivity contribution < 1.29 is 10.1 Å². The number of quaternary nitrogens is 1. The Morgan fingerprint density at radius 1 is 1.27 bits per heavy atom. The number of aromatic nitrogens is 1. The molecular weight excluding hydrogens is 360 g/mol. The van der Waals surface area contributed by atoms with Crippen molar-refractivity contribution in [3.05, 3.63) is 57.5 Å². The van der Waals surface area contributed by atoms with Crippen molar-refractivity contribution in [3.8, 4) is 5.75 Å². The molecule has 0 unspecified atom stereocenters. The molecule has 1 heterocycles. The standard InChI is InChI=1S/C17H17BrN2OS/c1-11(12-7-8-15(21-2)13(18)9-12)19-10-17-20-14-5-3-4-6-16(14)22-17/h3-9,11,19H,10H2,1-2H3/p+1/t11-/m1/s1. The number of nitrogens with zero attached hydrogens (tertiary/aromatic N) is 1. The first-order valence-corrected chi connectivity index (χ1v) is 8.79. The maximum Gasteiger partial charge on any atom is 0.148 e. The van der Waals surface area contributed by atoms with Gasteiger partial charge in [-0.05, 0) is 53.2 Å². The number of fused-ring (bicyclic) bond motifs is 1. The molecule has 0 fully saturated rings. The summed E-state index contributed by atoms with van der Waals surface area (Å²) in [5.41, 5.74) is 2.37. The Bertz CT molecular complexity index is 754. The normalized spacial score (nSPS) is 12.5. The molecule has 2 aromatic carbocycles. The van der Waals surface area contributed by atoms with Crippen LogP contribution in [0.5, 0.6) is 5.75 Å². The zero-order valence-corrected chi connectivity index (χ0v) is 14.9. The van der Waals surface area contributed by atoms with Crippen LogP contribution in [0.3, 0.4) is 0 Å². The van der Waals surface area contributed by atoms with Gasteiger partial charge in [-0.3, -0.25) is 0 Å². The summed E-state index contributed by atoms with van der Waals surface area (Å²) < 4.78 is 7.53. The summed E-state index contributed by atoms with van der Waals surface area (Å²) in [6.07, 6.45) is 0. The van der Waals surface area contributed by atoms with Crippen molar-refractivity contribution in [2.45, 2.75) is 19.5 Å². The second-order valence-corrected chi connectivity index (χ2v) is 7.17. The Morgan fingerprint density at radius 2 is 2.09 bits per heavy atom. The molecule has 0 saturated heterocycles. The summed E-state index contributed by atoms with van der Waals surface area (Å²) >= 11 is 5.32. The summed E-state index contributed by atoms with van der Waals surface area (Å²) in [4.78, 5) is 4.68. The highest BCUT2D eigenvalue weighted by Gasteiger charge is 2.12. The number of thiazole rings is 1. The number of benzene rings is 2. The maximum atomic E-state index is 5.28. The van der Waals surface area contributed by atoms with Gasteiger partial charge in [0.15, 0.2) is 0 Å². The summed E-state index contributed by atoms with van der Waals surface area (Å²) in [6, 6.07) is 14.9. The van der Waals surface area contributed by atoms with Crippen molar-refractivity contribution in [2.75, 3.05) is 7.11 Å². The van der Waals surface area contributed by atoms with Gasteiger partial charge in [-0.1, -0.05) is 12.1 Å². The largest absolute Gasteiger partial charge is 0.496 e. The smallest absolute Gasteiger partial charge is 0.148 e. The third-order valence-electron chi connectivity index (χ3n) is 3.69. The molecule has 22 heavy (non-hydrogen) atoms. The Kier molecular flexibility index (Phi) is 4.76. The van der Waals surface area contributed by atoms with E-state index in [0.717, 1.165) is 22.3 Å². The molecule has 2 N–H and O–H groups in total. The van der Waals surface area contributed by atoms with E-state index in [1.807, 2.05) is 12.1 Å². The molecule has 0 spiro atoms. The fourth-order valence-corrected chi connectivity index (χ4v) is 3.89. The van der Waals surface area contributed by atoms with E-state index in [0.29, 0.717) is 6.04 Å². The second-order valence-electron chi connectivity index (χ2n) is 5.20. The number of rotatable bonds is 5. The Hall–Kier alpha value is -1.43. The first-order valence-electron chi connectivity index (χ1n) is 7.18. The number of hydrogen-bond acceptors (Lipinski definition) is 3. The third-order valence-corrected chi connectivity index (χ3v) is 5.36. The van der Waals surface area contributed by atoms with Gasteiger partial charge in [0.05, 0.1) is 21.8 Å². The number of hydrogen-bond donors (Lipinski definition) is 1. The molecule has 0 saturated carbocycles. The third kappa shape index (κ3) is 3.32. The lowest BCUT2D eigenvalue weighted by atomic mass is 10.1. The molecule has 0 radical (unpaired) electrons. The van der Waals surface area contributed by atoms with Crippen LogP contribution >= 0.6 is 27.3 Å². The minimum Gasteiger partial charge on any atom is -0.496 e. The molecular formula is C17H18BrN2OS+. The van der Waals surface area contributed by atoms with E-state index < -0.39 is 0 Å². The molecule has 0 aliphatic heterocycles. The highest BCUT2D eigenvalue weighted by Crippen LogP contribution is 2.27. The van der Waals surface area contributed by atoms with Gasteiger partial charge in [-0.2, -0.15) is 0 Å². The van der Waals surface area contributed by atoms with Crippen LogP contribution in [-0.2, 0) is 6.54 Å². The van der Waals surface area contributed by atoms with E-state index in [-0.39, 0.29) is 0 Å². The van der Waals surface area contributed by atoms with Crippen LogP contribution in [0.1, 0.15) is 23.5 Å². The molecule has 0 aliphatic carbocycles. The molecule has 0 aliphatic rings. The van der Waals surface area contributed by atoms with Crippen molar-refractivity contribution in [2.24, 2.45) is 0 Å². The highest BCUT2D eigenvalue weighted by molar-refractivity contribution is 9.10. The fourth-order valence-electron chi connectivity index (χ4n) is 2.39. The molecule has 3 nitrogen and oxygen atoms in total. The zero-order chi connectivity index (χ0) is 15.5. The minimum absolute atomic E-state index is 0.370. The lowest BCUT2D eigenvalue weighted by Gasteiger charge is -2.12. The van der Waals surface area contributed by atoms with Gasteiger partial charge in [0.2, 0.25) is 0 Å². The van der Waals surface area contributed by atoms with Crippen LogP contribution in [0.15, 0.2) is 46.9 Å². The van der Waals surface area contributed by atoms with Gasteiger partial charge in [-0.15, -0.1) is 11.3 Å². The summed E-state index contributed by atoms with van der Waals surface area (Å²) in [5, 5.41) is 3.48. The van der Waals surface area contributed by atoms with Crippen LogP contribution in [0.4, 0.5) is 0 Å².